The van der Waals surface area contributed by atoms with E-state index in [0.29, 0.717) is 0 Å². The lowest BCUT2D eigenvalue weighted by Crippen LogP contribution is -2.67. The lowest BCUT2D eigenvalue weighted by Gasteiger charge is -2.48. The Kier molecular flexibility index (Phi) is 9.54. The van der Waals surface area contributed by atoms with Gasteiger partial charge in [0.25, 0.3) is 0 Å². The fourth-order valence-corrected chi connectivity index (χ4v) is 4.03. The van der Waals surface area contributed by atoms with E-state index in [0.717, 1.165) is 0 Å². The molecule has 3 fully saturated rings. The van der Waals surface area contributed by atoms with E-state index in [1.165, 1.54) is 0 Å². The van der Waals surface area contributed by atoms with Crippen LogP contribution in [0.1, 0.15) is 0 Å². The Bertz CT molecular complexity index is 637. The van der Waals surface area contributed by atoms with Gasteiger partial charge in [0, 0.05) is 0 Å². The van der Waals surface area contributed by atoms with Crippen LogP contribution in [0.5, 0.6) is 0 Å². The van der Waals surface area contributed by atoms with Crippen LogP contribution < -0.4 is 0 Å². The maximum Gasteiger partial charge on any atom is 0.187 e. The summed E-state index contributed by atoms with van der Waals surface area (Å²) in [7, 11) is 0. The molecule has 3 aliphatic rings. The molecule has 3 heterocycles. The summed E-state index contributed by atoms with van der Waals surface area (Å²) < 4.78 is 26.5. The molecule has 0 aromatic carbocycles. The van der Waals surface area contributed by atoms with E-state index in [9.17, 15) is 56.2 Å². The molecule has 0 bridgehead atoms. The van der Waals surface area contributed by atoms with E-state index in [2.05, 4.69) is 0 Å². The minimum absolute atomic E-state index is 0.769. The van der Waals surface area contributed by atoms with Gasteiger partial charge in [-0.3, -0.25) is 0 Å². The molecular weight excluding hydrogens is 472 g/mol. The second-order valence-electron chi connectivity index (χ2n) is 8.33. The molecule has 11 N–H and O–H groups in total. The third kappa shape index (κ3) is 5.37. The molecule has 0 aliphatic carbocycles. The van der Waals surface area contributed by atoms with Crippen molar-refractivity contribution in [2.24, 2.45) is 0 Å². The Balaban J connectivity index is 1.83. The fraction of sp³-hybridized carbons (Fsp3) is 1.00. The van der Waals surface area contributed by atoms with Crippen LogP contribution in [0.3, 0.4) is 0 Å². The highest BCUT2D eigenvalue weighted by atomic mass is 16.8. The van der Waals surface area contributed by atoms with Crippen LogP contribution in [0.15, 0.2) is 0 Å². The molecule has 3 aliphatic heterocycles. The highest BCUT2D eigenvalue weighted by Gasteiger charge is 2.53. The third-order valence-electron chi connectivity index (χ3n) is 6.10. The molecule has 0 saturated carbocycles. The number of aliphatic hydroxyl groups excluding tert-OH is 11. The first-order valence-electron chi connectivity index (χ1n) is 10.6. The topological polar surface area (TPSA) is 269 Å². The lowest BCUT2D eigenvalue weighted by atomic mass is 9.96. The van der Waals surface area contributed by atoms with Gasteiger partial charge in [0.05, 0.1) is 19.8 Å². The summed E-state index contributed by atoms with van der Waals surface area (Å²) in [6, 6.07) is 0. The molecule has 16 heteroatoms. The summed E-state index contributed by atoms with van der Waals surface area (Å²) >= 11 is 0. The molecule has 15 atom stereocenters. The molecule has 200 valence electrons. The van der Waals surface area contributed by atoms with E-state index in [1.807, 2.05) is 0 Å². The minimum Gasteiger partial charge on any atom is -0.394 e. The Morgan fingerprint density at radius 3 is 1.24 bits per heavy atom. The van der Waals surface area contributed by atoms with Gasteiger partial charge in [-0.05, 0) is 0 Å². The summed E-state index contributed by atoms with van der Waals surface area (Å²) in [5, 5.41) is 109. The molecule has 0 aromatic heterocycles. The average Bonchev–Trinajstić information content (AvgIpc) is 2.83. The minimum atomic E-state index is -1.94. The molecular formula is C18H32O16. The number of ether oxygens (including phenoxy) is 5. The Morgan fingerprint density at radius 1 is 0.441 bits per heavy atom. The van der Waals surface area contributed by atoms with Gasteiger partial charge in [-0.15, -0.1) is 0 Å². The first kappa shape index (κ1) is 27.9. The highest BCUT2D eigenvalue weighted by Crippen LogP contribution is 2.32. The van der Waals surface area contributed by atoms with E-state index >= 15 is 0 Å². The molecule has 0 radical (unpaired) electrons. The van der Waals surface area contributed by atoms with Crippen molar-refractivity contribution in [3.8, 4) is 0 Å². The van der Waals surface area contributed by atoms with E-state index < -0.39 is 112 Å². The van der Waals surface area contributed by atoms with Crippen molar-refractivity contribution in [2.45, 2.75) is 92.1 Å². The predicted molar refractivity (Wildman–Crippen MR) is 101 cm³/mol. The lowest BCUT2D eigenvalue weighted by molar-refractivity contribution is -0.387. The smallest absolute Gasteiger partial charge is 0.187 e. The Labute approximate surface area is 192 Å². The normalized spacial score (nSPS) is 52.5. The first-order valence-corrected chi connectivity index (χ1v) is 10.6. The van der Waals surface area contributed by atoms with E-state index in [1.54, 1.807) is 0 Å². The zero-order chi connectivity index (χ0) is 25.3. The highest BCUT2D eigenvalue weighted by molar-refractivity contribution is 4.96. The summed E-state index contributed by atoms with van der Waals surface area (Å²) in [4.78, 5) is 0. The van der Waals surface area contributed by atoms with Gasteiger partial charge in [0.2, 0.25) is 0 Å². The summed E-state index contributed by atoms with van der Waals surface area (Å²) in [6.07, 6.45) is -25.6. The van der Waals surface area contributed by atoms with Gasteiger partial charge in [-0.2, -0.15) is 0 Å². The van der Waals surface area contributed by atoms with Crippen LogP contribution in [-0.2, 0) is 23.7 Å². The van der Waals surface area contributed by atoms with Crippen LogP contribution in [0.25, 0.3) is 0 Å². The van der Waals surface area contributed by atoms with Crippen molar-refractivity contribution in [1.82, 2.24) is 0 Å². The van der Waals surface area contributed by atoms with Crippen LogP contribution in [0.2, 0.25) is 0 Å². The fourth-order valence-electron chi connectivity index (χ4n) is 4.03. The molecule has 34 heavy (non-hydrogen) atoms. The van der Waals surface area contributed by atoms with Crippen LogP contribution in [0.4, 0.5) is 0 Å². The molecule has 0 amide bonds. The second-order valence-corrected chi connectivity index (χ2v) is 8.33. The maximum absolute atomic E-state index is 10.6. The van der Waals surface area contributed by atoms with Crippen molar-refractivity contribution in [3.05, 3.63) is 0 Å². The predicted octanol–water partition coefficient (Wildman–Crippen LogP) is -7.57. The van der Waals surface area contributed by atoms with Gasteiger partial charge in [-0.1, -0.05) is 0 Å². The molecule has 3 rings (SSSR count). The molecule has 0 spiro atoms. The van der Waals surface area contributed by atoms with Crippen molar-refractivity contribution in [2.75, 3.05) is 19.8 Å². The van der Waals surface area contributed by atoms with Gasteiger partial charge in [0.15, 0.2) is 18.9 Å². The first-order chi connectivity index (χ1) is 16.0. The van der Waals surface area contributed by atoms with E-state index in [-0.39, 0.29) is 0 Å². The van der Waals surface area contributed by atoms with Crippen molar-refractivity contribution in [1.29, 1.82) is 0 Å². The van der Waals surface area contributed by atoms with Gasteiger partial charge in [0.1, 0.15) is 73.2 Å². The van der Waals surface area contributed by atoms with Crippen LogP contribution >= 0.6 is 0 Å². The Morgan fingerprint density at radius 2 is 0.824 bits per heavy atom. The average molecular weight is 504 g/mol. The summed E-state index contributed by atoms with van der Waals surface area (Å²) in [5.74, 6) is 0. The number of hydrogen-bond acceptors (Lipinski definition) is 16. The standard InChI is InChI=1S/C18H32O16/c19-1-4-7(22)10(25)12(27)17(31-4)33-14-9(24)6(3-21)30-16(29)15(14)34-18-13(28)11(26)8(23)5(2-20)32-18/h4-29H,1-3H2/t4-,5-,6-,7-,8-,9+,10+,11+,12-,13-,14+,15-,16+,17-,18+/m1/s1. The van der Waals surface area contributed by atoms with E-state index in [4.69, 9.17) is 23.7 Å². The van der Waals surface area contributed by atoms with Crippen molar-refractivity contribution >= 4 is 0 Å². The zero-order valence-electron chi connectivity index (χ0n) is 17.7. The summed E-state index contributed by atoms with van der Waals surface area (Å²) in [6.45, 7) is -2.33. The SMILES string of the molecule is OC[C@H]1O[C@H](O)[C@H](O[C@@H]2O[C@H](CO)[C@@H](O)[C@H](O)[C@H]2O)[C@@H](O[C@H]2O[C@H](CO)[C@@H](O)[C@H](O)[C@H]2O)[C@H]1O. The second kappa shape index (κ2) is 11.6. The molecule has 3 saturated heterocycles. The monoisotopic (exact) mass is 504 g/mol. The molecule has 16 nitrogen and oxygen atoms in total. The summed E-state index contributed by atoms with van der Waals surface area (Å²) in [5.41, 5.74) is 0. The zero-order valence-corrected chi connectivity index (χ0v) is 17.7. The largest absolute Gasteiger partial charge is 0.394 e. The number of aliphatic hydroxyl groups is 11. The van der Waals surface area contributed by atoms with Gasteiger partial charge in [-0.25, -0.2) is 0 Å². The molecule has 0 unspecified atom stereocenters. The van der Waals surface area contributed by atoms with Crippen molar-refractivity contribution in [3.63, 3.8) is 0 Å². The third-order valence-corrected chi connectivity index (χ3v) is 6.10. The van der Waals surface area contributed by atoms with Crippen molar-refractivity contribution < 1.29 is 79.9 Å². The maximum atomic E-state index is 10.6. The van der Waals surface area contributed by atoms with Crippen LogP contribution in [-0.4, -0.2) is 168 Å². The van der Waals surface area contributed by atoms with Gasteiger partial charge >= 0.3 is 0 Å². The quantitative estimate of drug-likeness (QED) is 0.154. The Hall–Kier alpha value is -0.640. The molecule has 0 aromatic rings. The number of hydrogen-bond donors (Lipinski definition) is 11. The number of rotatable bonds is 7. The van der Waals surface area contributed by atoms with Crippen LogP contribution in [0, 0.1) is 0 Å². The van der Waals surface area contributed by atoms with Gasteiger partial charge < -0.3 is 79.9 Å².